The van der Waals surface area contributed by atoms with Crippen molar-refractivity contribution in [3.63, 3.8) is 0 Å². The lowest BCUT2D eigenvalue weighted by molar-refractivity contribution is -0.121. The van der Waals surface area contributed by atoms with Gasteiger partial charge in [0.05, 0.1) is 0 Å². The van der Waals surface area contributed by atoms with Gasteiger partial charge < -0.3 is 16.0 Å². The molecule has 43 heavy (non-hydrogen) atoms. The van der Waals surface area contributed by atoms with Gasteiger partial charge in [-0.25, -0.2) is 0 Å². The molecule has 0 fully saturated rings. The number of hydrogen-bond acceptors (Lipinski definition) is 3. The third kappa shape index (κ3) is 18.0. The van der Waals surface area contributed by atoms with E-state index in [-0.39, 0.29) is 17.7 Å². The number of amides is 3. The van der Waals surface area contributed by atoms with E-state index in [0.717, 1.165) is 55.5 Å². The van der Waals surface area contributed by atoms with E-state index >= 15 is 0 Å². The van der Waals surface area contributed by atoms with Crippen LogP contribution in [0.15, 0.2) is 61.2 Å². The van der Waals surface area contributed by atoms with Crippen molar-refractivity contribution in [2.24, 2.45) is 0 Å². The molecule has 236 valence electrons. The van der Waals surface area contributed by atoms with E-state index in [0.29, 0.717) is 19.4 Å². The highest BCUT2D eigenvalue weighted by atomic mass is 16.2. The third-order valence-electron chi connectivity index (χ3n) is 7.74. The van der Waals surface area contributed by atoms with E-state index in [9.17, 15) is 14.4 Å². The Balaban J connectivity index is 1.44. The van der Waals surface area contributed by atoms with Crippen LogP contribution in [0.3, 0.4) is 0 Å². The van der Waals surface area contributed by atoms with Gasteiger partial charge in [-0.1, -0.05) is 102 Å². The van der Waals surface area contributed by atoms with Gasteiger partial charge in [0.15, 0.2) is 0 Å². The summed E-state index contributed by atoms with van der Waals surface area (Å²) in [5, 5.41) is 8.71. The number of carbonyl (C=O) groups is 3. The van der Waals surface area contributed by atoms with Crippen LogP contribution in [0.25, 0.3) is 0 Å². The number of rotatable bonds is 24. The highest BCUT2D eigenvalue weighted by Crippen LogP contribution is 2.16. The lowest BCUT2D eigenvalue weighted by Crippen LogP contribution is -2.24. The number of carbonyl (C=O) groups excluding carboxylic acids is 3. The predicted molar refractivity (Wildman–Crippen MR) is 180 cm³/mol. The highest BCUT2D eigenvalue weighted by Gasteiger charge is 2.05. The maximum Gasteiger partial charge on any atom is 0.247 e. The van der Waals surface area contributed by atoms with Crippen LogP contribution in [0.1, 0.15) is 121 Å². The third-order valence-corrected chi connectivity index (χ3v) is 7.74. The molecule has 3 N–H and O–H groups in total. The Morgan fingerprint density at radius 1 is 0.581 bits per heavy atom. The number of unbranched alkanes of at least 4 members (excludes halogenated alkanes) is 11. The first-order chi connectivity index (χ1) is 21.0. The van der Waals surface area contributed by atoms with Crippen LogP contribution >= 0.6 is 0 Å². The average Bonchev–Trinajstić information content (AvgIpc) is 3.01. The van der Waals surface area contributed by atoms with Gasteiger partial charge in [0.1, 0.15) is 0 Å². The van der Waals surface area contributed by atoms with Crippen LogP contribution in [0.5, 0.6) is 0 Å². The summed E-state index contributed by atoms with van der Waals surface area (Å²) in [7, 11) is 0. The van der Waals surface area contributed by atoms with Crippen molar-refractivity contribution in [3.8, 4) is 0 Å². The lowest BCUT2D eigenvalue weighted by Gasteiger charge is -2.08. The summed E-state index contributed by atoms with van der Waals surface area (Å²) < 4.78 is 0. The minimum absolute atomic E-state index is 0.0441. The molecule has 0 spiro atoms. The zero-order chi connectivity index (χ0) is 31.0. The van der Waals surface area contributed by atoms with Crippen LogP contribution in [0.2, 0.25) is 0 Å². The highest BCUT2D eigenvalue weighted by molar-refractivity contribution is 5.98. The van der Waals surface area contributed by atoms with Crippen LogP contribution < -0.4 is 16.0 Å². The van der Waals surface area contributed by atoms with Crippen molar-refractivity contribution in [2.75, 3.05) is 17.2 Å². The Hall–Kier alpha value is -3.41. The van der Waals surface area contributed by atoms with Crippen LogP contribution in [0.4, 0.5) is 11.4 Å². The summed E-state index contributed by atoms with van der Waals surface area (Å²) >= 11 is 0. The number of anilines is 2. The second kappa shape index (κ2) is 23.1. The molecule has 2 rings (SSSR count). The van der Waals surface area contributed by atoms with Crippen LogP contribution in [-0.2, 0) is 27.2 Å². The Bertz CT molecular complexity index is 1060. The molecule has 0 atom stereocenters. The smallest absolute Gasteiger partial charge is 0.247 e. The summed E-state index contributed by atoms with van der Waals surface area (Å²) in [6.45, 7) is 6.35. The summed E-state index contributed by atoms with van der Waals surface area (Å²) in [6, 6.07) is 15.9. The van der Waals surface area contributed by atoms with Gasteiger partial charge in [-0.3, -0.25) is 14.4 Å². The molecule has 0 aliphatic carbocycles. The largest absolute Gasteiger partial charge is 0.356 e. The van der Waals surface area contributed by atoms with Crippen LogP contribution in [-0.4, -0.2) is 24.3 Å². The Morgan fingerprint density at radius 2 is 1.07 bits per heavy atom. The van der Waals surface area contributed by atoms with E-state index < -0.39 is 0 Å². The molecule has 0 saturated heterocycles. The van der Waals surface area contributed by atoms with Gasteiger partial charge in [-0.15, -0.1) is 0 Å². The van der Waals surface area contributed by atoms with Crippen molar-refractivity contribution in [3.05, 3.63) is 72.3 Å². The maximum absolute atomic E-state index is 12.3. The number of benzene rings is 2. The molecule has 2 aromatic carbocycles. The molecule has 3 amide bonds. The number of aryl methyl sites for hydroxylation is 2. The number of hydrogen-bond donors (Lipinski definition) is 3. The standard InChI is InChI=1S/C37H55N3O3/c1-3-5-6-7-8-9-10-11-12-14-18-31-22-28-34(29-23-31)40-37(43)20-15-13-16-30-38-36(42)21-17-19-32-24-26-33(27-25-32)39-35(41)4-2/h4,22-29H,2-3,5-21,30H2,1H3,(H,38,42)(H,39,41)(H,40,43). The molecule has 0 bridgehead atoms. The molecule has 0 unspecified atom stereocenters. The monoisotopic (exact) mass is 589 g/mol. The van der Waals surface area contributed by atoms with Gasteiger partial charge >= 0.3 is 0 Å². The first-order valence-corrected chi connectivity index (χ1v) is 16.7. The summed E-state index contributed by atoms with van der Waals surface area (Å²) in [5.41, 5.74) is 4.06. The van der Waals surface area contributed by atoms with E-state index in [1.165, 1.54) is 75.8 Å². The first kappa shape index (κ1) is 35.8. The fourth-order valence-electron chi connectivity index (χ4n) is 5.10. The predicted octanol–water partition coefficient (Wildman–Crippen LogP) is 8.91. The Labute approximate surface area is 260 Å². The quantitative estimate of drug-likeness (QED) is 0.0844. The topological polar surface area (TPSA) is 87.3 Å². The van der Waals surface area contributed by atoms with E-state index in [2.05, 4.69) is 41.6 Å². The second-order valence-electron chi connectivity index (χ2n) is 11.6. The van der Waals surface area contributed by atoms with Gasteiger partial charge in [-0.05, 0) is 80.0 Å². The van der Waals surface area contributed by atoms with Crippen molar-refractivity contribution in [1.82, 2.24) is 5.32 Å². The maximum atomic E-state index is 12.3. The lowest BCUT2D eigenvalue weighted by atomic mass is 10.0. The first-order valence-electron chi connectivity index (χ1n) is 16.7. The normalized spacial score (nSPS) is 10.7. The molecule has 0 saturated carbocycles. The Kier molecular flexibility index (Phi) is 19.2. The number of nitrogens with one attached hydrogen (secondary N) is 3. The van der Waals surface area contributed by atoms with Gasteiger partial charge in [0.2, 0.25) is 17.7 Å². The molecule has 6 heteroatoms. The van der Waals surface area contributed by atoms with Crippen molar-refractivity contribution in [1.29, 1.82) is 0 Å². The van der Waals surface area contributed by atoms with Gasteiger partial charge in [0.25, 0.3) is 0 Å². The van der Waals surface area contributed by atoms with E-state index in [4.69, 9.17) is 0 Å². The fraction of sp³-hybridized carbons (Fsp3) is 0.541. The average molecular weight is 590 g/mol. The van der Waals surface area contributed by atoms with E-state index in [1.54, 1.807) is 0 Å². The molecule has 0 aliphatic rings. The molecule has 2 aromatic rings. The van der Waals surface area contributed by atoms with Crippen LogP contribution in [0, 0.1) is 0 Å². The molecular weight excluding hydrogens is 534 g/mol. The van der Waals surface area contributed by atoms with Crippen molar-refractivity contribution >= 4 is 29.1 Å². The molecule has 0 aliphatic heterocycles. The summed E-state index contributed by atoms with van der Waals surface area (Å²) in [6.07, 6.45) is 21.0. The van der Waals surface area contributed by atoms with Crippen molar-refractivity contribution < 1.29 is 14.4 Å². The Morgan fingerprint density at radius 3 is 1.65 bits per heavy atom. The molecule has 6 nitrogen and oxygen atoms in total. The molecule has 0 radical (unpaired) electrons. The van der Waals surface area contributed by atoms with Gasteiger partial charge in [0, 0.05) is 30.8 Å². The van der Waals surface area contributed by atoms with Gasteiger partial charge in [-0.2, -0.15) is 0 Å². The minimum Gasteiger partial charge on any atom is -0.356 e. The summed E-state index contributed by atoms with van der Waals surface area (Å²) in [5.74, 6) is -0.130. The molecule has 0 aromatic heterocycles. The fourth-order valence-corrected chi connectivity index (χ4v) is 5.10. The van der Waals surface area contributed by atoms with Crippen molar-refractivity contribution in [2.45, 2.75) is 122 Å². The zero-order valence-electron chi connectivity index (χ0n) is 26.6. The SMILES string of the molecule is C=CC(=O)Nc1ccc(CCCC(=O)NCCCCCC(=O)Nc2ccc(CCCCCCCCCCCC)cc2)cc1. The summed E-state index contributed by atoms with van der Waals surface area (Å²) in [4.78, 5) is 35.8. The minimum atomic E-state index is -0.233. The molecular formula is C37H55N3O3. The molecule has 0 heterocycles. The van der Waals surface area contributed by atoms with E-state index in [1.807, 2.05) is 36.4 Å². The second-order valence-corrected chi connectivity index (χ2v) is 11.6. The zero-order valence-corrected chi connectivity index (χ0v) is 26.6.